The van der Waals surface area contributed by atoms with Gasteiger partial charge >= 0.3 is 7.82 Å². The molecule has 1 aromatic carbocycles. The van der Waals surface area contributed by atoms with Crippen molar-refractivity contribution in [3.05, 3.63) is 60.0 Å². The number of nitriles is 1. The Labute approximate surface area is 196 Å². The molecular formula is C22H26N5O6P. The zero-order valence-electron chi connectivity index (χ0n) is 18.4. The van der Waals surface area contributed by atoms with Gasteiger partial charge in [-0.25, -0.2) is 14.1 Å². The second-order valence-electron chi connectivity index (χ2n) is 7.92. The fourth-order valence-electron chi connectivity index (χ4n) is 3.73. The lowest BCUT2D eigenvalue weighted by Gasteiger charge is -2.23. The minimum absolute atomic E-state index is 0.0249. The number of phosphoric acid groups is 1. The Hall–Kier alpha value is -2.84. The zero-order valence-corrected chi connectivity index (χ0v) is 19.3. The lowest BCUT2D eigenvalue weighted by Crippen LogP contribution is -2.32. The molecule has 2 aromatic heterocycles. The number of nitrogens with zero attached hydrogens (tertiary/aromatic N) is 4. The van der Waals surface area contributed by atoms with Crippen LogP contribution in [0.3, 0.4) is 0 Å². The minimum atomic E-state index is -4.36. The molecule has 180 valence electrons. The summed E-state index contributed by atoms with van der Waals surface area (Å²) in [5.74, 6) is 0.331. The lowest BCUT2D eigenvalue weighted by atomic mass is 10.0. The predicted octanol–water partition coefficient (Wildman–Crippen LogP) is 3.17. The number of phosphoric ester groups is 1. The maximum Gasteiger partial charge on any atom is 0.472 e. The summed E-state index contributed by atoms with van der Waals surface area (Å²) >= 11 is 0. The van der Waals surface area contributed by atoms with Crippen molar-refractivity contribution in [3.8, 4) is 6.07 Å². The van der Waals surface area contributed by atoms with Crippen LogP contribution in [0.4, 0.5) is 5.82 Å². The second kappa shape index (κ2) is 10.6. The van der Waals surface area contributed by atoms with Gasteiger partial charge in [0.1, 0.15) is 30.6 Å². The van der Waals surface area contributed by atoms with Gasteiger partial charge in [0.25, 0.3) is 0 Å². The van der Waals surface area contributed by atoms with Gasteiger partial charge < -0.3 is 20.1 Å². The molecule has 1 aliphatic heterocycles. The van der Waals surface area contributed by atoms with E-state index in [4.69, 9.17) is 24.3 Å². The van der Waals surface area contributed by atoms with Crippen LogP contribution in [-0.2, 0) is 29.7 Å². The summed E-state index contributed by atoms with van der Waals surface area (Å²) in [5.41, 5.74) is 6.87. The molecule has 0 spiro atoms. The normalized spacial score (nSPS) is 21.9. The largest absolute Gasteiger partial charge is 0.472 e. The molecule has 3 aromatic rings. The fraction of sp³-hybridized carbons (Fsp3) is 0.409. The number of hydrogen-bond donors (Lipinski definition) is 2. The number of nitrogens with two attached hydrogens (primary N) is 1. The number of ether oxygens (including phenoxy) is 2. The second-order valence-corrected chi connectivity index (χ2v) is 9.37. The smallest absolute Gasteiger partial charge is 0.382 e. The third-order valence-corrected chi connectivity index (χ3v) is 6.45. The molecule has 1 fully saturated rings. The van der Waals surface area contributed by atoms with Crippen molar-refractivity contribution in [2.24, 2.45) is 0 Å². The van der Waals surface area contributed by atoms with E-state index in [-0.39, 0.29) is 6.61 Å². The molecule has 0 aliphatic carbocycles. The molecule has 3 N–H and O–H groups in total. The van der Waals surface area contributed by atoms with E-state index in [2.05, 4.69) is 16.2 Å². The van der Waals surface area contributed by atoms with Crippen molar-refractivity contribution in [2.45, 2.75) is 37.6 Å². The molecule has 12 heteroatoms. The third kappa shape index (κ3) is 5.80. The molecule has 0 amide bonds. The molecule has 4 rings (SSSR count). The van der Waals surface area contributed by atoms with Gasteiger partial charge in [0.15, 0.2) is 11.4 Å². The maximum atomic E-state index is 12.3. The Kier molecular flexibility index (Phi) is 7.58. The fourth-order valence-corrected chi connectivity index (χ4v) is 4.53. The van der Waals surface area contributed by atoms with Crippen molar-refractivity contribution in [2.75, 3.05) is 25.6 Å². The van der Waals surface area contributed by atoms with E-state index in [1.54, 1.807) is 16.6 Å². The van der Waals surface area contributed by atoms with E-state index in [0.717, 1.165) is 5.56 Å². The van der Waals surface area contributed by atoms with Crippen LogP contribution in [0.15, 0.2) is 48.8 Å². The first-order valence-electron chi connectivity index (χ1n) is 10.8. The van der Waals surface area contributed by atoms with Crippen molar-refractivity contribution in [1.29, 1.82) is 5.26 Å². The molecule has 34 heavy (non-hydrogen) atoms. The molecule has 0 radical (unpaired) electrons. The number of nitrogen functional groups attached to an aromatic ring is 1. The molecule has 1 saturated heterocycles. The SMILES string of the molecule is N#C[C@@]1(COP(=O)(O)OCCCOCc2ccccc2)CC[C@H](c2ccc3c(N)ncnn23)O1. The van der Waals surface area contributed by atoms with Crippen molar-refractivity contribution < 1.29 is 28.0 Å². The first-order valence-corrected chi connectivity index (χ1v) is 12.3. The Bertz CT molecular complexity index is 1200. The summed E-state index contributed by atoms with van der Waals surface area (Å²) in [7, 11) is -4.36. The van der Waals surface area contributed by atoms with Crippen LogP contribution < -0.4 is 5.73 Å². The quantitative estimate of drug-likeness (QED) is 0.304. The van der Waals surface area contributed by atoms with Crippen molar-refractivity contribution in [1.82, 2.24) is 14.6 Å². The van der Waals surface area contributed by atoms with E-state index in [1.165, 1.54) is 6.33 Å². The Morgan fingerprint density at radius 2 is 2.09 bits per heavy atom. The highest BCUT2D eigenvalue weighted by Crippen LogP contribution is 2.47. The lowest BCUT2D eigenvalue weighted by molar-refractivity contribution is -0.0400. The van der Waals surface area contributed by atoms with E-state index in [0.29, 0.717) is 49.5 Å². The van der Waals surface area contributed by atoms with Crippen molar-refractivity contribution in [3.63, 3.8) is 0 Å². The number of anilines is 1. The average Bonchev–Trinajstić information content (AvgIpc) is 3.46. The summed E-state index contributed by atoms with van der Waals surface area (Å²) in [6.45, 7) is 0.385. The van der Waals surface area contributed by atoms with E-state index < -0.39 is 26.1 Å². The van der Waals surface area contributed by atoms with Gasteiger partial charge in [-0.2, -0.15) is 10.4 Å². The average molecular weight is 487 g/mol. The predicted molar refractivity (Wildman–Crippen MR) is 121 cm³/mol. The van der Waals surface area contributed by atoms with E-state index in [9.17, 15) is 14.7 Å². The monoisotopic (exact) mass is 487 g/mol. The van der Waals surface area contributed by atoms with Gasteiger partial charge in [0.2, 0.25) is 0 Å². The van der Waals surface area contributed by atoms with Crippen LogP contribution >= 0.6 is 7.82 Å². The molecule has 1 aliphatic rings. The molecule has 1 unspecified atom stereocenters. The summed E-state index contributed by atoms with van der Waals surface area (Å²) in [6, 6.07) is 15.3. The highest BCUT2D eigenvalue weighted by Gasteiger charge is 2.44. The molecule has 11 nitrogen and oxygen atoms in total. The summed E-state index contributed by atoms with van der Waals surface area (Å²) in [6.07, 6.45) is 2.11. The first kappa shape index (κ1) is 24.3. The standard InChI is InChI=1S/C22H26N5O6P/c23-14-22(10-9-20(33-22)18-7-8-19-21(24)25-16-26-27(18)19)15-32-34(28,29)31-12-4-11-30-13-17-5-2-1-3-6-17/h1-3,5-8,16,20H,4,9-13,15H2,(H,28,29)(H2,24,25,26)/t20-,22-/m1/s1. The summed E-state index contributed by atoms with van der Waals surface area (Å²) in [4.78, 5) is 14.0. The molecule has 3 heterocycles. The highest BCUT2D eigenvalue weighted by molar-refractivity contribution is 7.47. The topological polar surface area (TPSA) is 154 Å². The molecule has 0 saturated carbocycles. The van der Waals surface area contributed by atoms with Gasteiger partial charge in [-0.3, -0.25) is 9.05 Å². The van der Waals surface area contributed by atoms with Crippen LogP contribution in [0, 0.1) is 11.3 Å². The number of hydrogen-bond acceptors (Lipinski definition) is 9. The van der Waals surface area contributed by atoms with Crippen LogP contribution in [0.2, 0.25) is 0 Å². The molecule has 3 atom stereocenters. The zero-order chi connectivity index (χ0) is 24.0. The number of fused-ring (bicyclic) bond motifs is 1. The van der Waals surface area contributed by atoms with Crippen LogP contribution in [0.5, 0.6) is 0 Å². The van der Waals surface area contributed by atoms with Crippen LogP contribution in [-0.4, -0.2) is 44.9 Å². The summed E-state index contributed by atoms with van der Waals surface area (Å²) < 4.78 is 35.5. The van der Waals surface area contributed by atoms with Gasteiger partial charge in [-0.05, 0) is 37.0 Å². The van der Waals surface area contributed by atoms with Crippen LogP contribution in [0.25, 0.3) is 5.52 Å². The van der Waals surface area contributed by atoms with Gasteiger partial charge in [-0.15, -0.1) is 0 Å². The molecule has 0 bridgehead atoms. The third-order valence-electron chi connectivity index (χ3n) is 5.48. The van der Waals surface area contributed by atoms with Gasteiger partial charge in [-0.1, -0.05) is 30.3 Å². The van der Waals surface area contributed by atoms with E-state index in [1.807, 2.05) is 30.3 Å². The first-order chi connectivity index (χ1) is 16.4. The Balaban J connectivity index is 1.24. The number of rotatable bonds is 11. The number of aromatic nitrogens is 3. The van der Waals surface area contributed by atoms with E-state index >= 15 is 0 Å². The maximum absolute atomic E-state index is 12.3. The van der Waals surface area contributed by atoms with Gasteiger partial charge in [0, 0.05) is 6.61 Å². The number of benzene rings is 1. The highest BCUT2D eigenvalue weighted by atomic mass is 31.2. The van der Waals surface area contributed by atoms with Crippen LogP contribution in [0.1, 0.15) is 36.6 Å². The molecular weight excluding hydrogens is 461 g/mol. The Morgan fingerprint density at radius 1 is 1.26 bits per heavy atom. The van der Waals surface area contributed by atoms with Crippen molar-refractivity contribution >= 4 is 19.2 Å². The van der Waals surface area contributed by atoms with Gasteiger partial charge in [0.05, 0.1) is 18.9 Å². The summed E-state index contributed by atoms with van der Waals surface area (Å²) in [5, 5.41) is 13.9. The Morgan fingerprint density at radius 3 is 2.88 bits per heavy atom. The minimum Gasteiger partial charge on any atom is -0.382 e.